The highest BCUT2D eigenvalue weighted by atomic mass is 16.4. The number of aliphatic imine (C=N–C) groups is 1. The van der Waals surface area contributed by atoms with Gasteiger partial charge in [-0.2, -0.15) is 0 Å². The number of aromatic hydroxyl groups is 1. The van der Waals surface area contributed by atoms with E-state index in [1.54, 1.807) is 6.92 Å². The molecule has 2 aromatic heterocycles. The van der Waals surface area contributed by atoms with Gasteiger partial charge in [0.1, 0.15) is 17.1 Å². The predicted octanol–water partition coefficient (Wildman–Crippen LogP) is 1.81. The van der Waals surface area contributed by atoms with Gasteiger partial charge in [-0.15, -0.1) is 0 Å². The minimum Gasteiger partial charge on any atom is -0.507 e. The molecule has 0 aliphatic rings. The number of hydrogen-bond acceptors (Lipinski definition) is 6. The van der Waals surface area contributed by atoms with Crippen molar-refractivity contribution in [1.29, 1.82) is 0 Å². The number of rotatable bonds is 2. The van der Waals surface area contributed by atoms with Crippen LogP contribution in [0.5, 0.6) is 5.75 Å². The zero-order valence-corrected chi connectivity index (χ0v) is 10.8. The molecule has 0 amide bonds. The van der Waals surface area contributed by atoms with Crippen molar-refractivity contribution in [3.63, 3.8) is 0 Å². The van der Waals surface area contributed by atoms with Gasteiger partial charge in [-0.25, -0.2) is 19.8 Å². The summed E-state index contributed by atoms with van der Waals surface area (Å²) < 4.78 is 4.88. The molecular weight excluding hydrogens is 246 g/mol. The molecule has 0 atom stereocenters. The Hall–Kier alpha value is -2.50. The van der Waals surface area contributed by atoms with E-state index in [1.807, 2.05) is 19.9 Å². The van der Waals surface area contributed by atoms with E-state index in [0.29, 0.717) is 5.76 Å². The van der Waals surface area contributed by atoms with Gasteiger partial charge in [0.15, 0.2) is 0 Å². The molecule has 19 heavy (non-hydrogen) atoms. The van der Waals surface area contributed by atoms with E-state index in [1.165, 1.54) is 12.3 Å². The first-order valence-electron chi connectivity index (χ1n) is 5.66. The van der Waals surface area contributed by atoms with Crippen LogP contribution in [-0.4, -0.2) is 21.3 Å². The largest absolute Gasteiger partial charge is 0.507 e. The maximum absolute atomic E-state index is 11.6. The molecule has 0 bridgehead atoms. The lowest BCUT2D eigenvalue weighted by Crippen LogP contribution is -2.07. The second-order valence-corrected chi connectivity index (χ2v) is 4.15. The Kier molecular flexibility index (Phi) is 3.41. The highest BCUT2D eigenvalue weighted by Gasteiger charge is 2.07. The first-order valence-corrected chi connectivity index (χ1v) is 5.66. The normalized spacial score (nSPS) is 11.1. The lowest BCUT2D eigenvalue weighted by molar-refractivity contribution is 0.433. The summed E-state index contributed by atoms with van der Waals surface area (Å²) in [5.41, 5.74) is 0.888. The molecule has 0 aromatic carbocycles. The summed E-state index contributed by atoms with van der Waals surface area (Å²) in [4.78, 5) is 23.7. The highest BCUT2D eigenvalue weighted by Crippen LogP contribution is 2.14. The molecule has 6 nitrogen and oxygen atoms in total. The second-order valence-electron chi connectivity index (χ2n) is 4.15. The summed E-state index contributed by atoms with van der Waals surface area (Å²) >= 11 is 0. The van der Waals surface area contributed by atoms with Crippen LogP contribution < -0.4 is 5.63 Å². The summed E-state index contributed by atoms with van der Waals surface area (Å²) in [6, 6.07) is 3.17. The Labute approximate surface area is 109 Å². The SMILES string of the molecule is Cc1cc(C)nc(/N=C/c2c(O)cc(C)oc2=O)n1. The van der Waals surface area contributed by atoms with Crippen molar-refractivity contribution in [3.8, 4) is 5.75 Å². The quantitative estimate of drug-likeness (QED) is 0.831. The summed E-state index contributed by atoms with van der Waals surface area (Å²) in [6.07, 6.45) is 1.20. The Morgan fingerprint density at radius 3 is 2.42 bits per heavy atom. The lowest BCUT2D eigenvalue weighted by Gasteiger charge is -1.99. The summed E-state index contributed by atoms with van der Waals surface area (Å²) in [5, 5.41) is 9.67. The van der Waals surface area contributed by atoms with Crippen molar-refractivity contribution in [3.05, 3.63) is 45.3 Å². The van der Waals surface area contributed by atoms with Gasteiger partial charge in [-0.1, -0.05) is 0 Å². The van der Waals surface area contributed by atoms with Crippen molar-refractivity contribution < 1.29 is 9.52 Å². The summed E-state index contributed by atoms with van der Waals surface area (Å²) in [5.74, 6) is 0.390. The van der Waals surface area contributed by atoms with E-state index < -0.39 is 5.63 Å². The van der Waals surface area contributed by atoms with E-state index in [4.69, 9.17) is 4.42 Å². The van der Waals surface area contributed by atoms with Gasteiger partial charge in [0.25, 0.3) is 0 Å². The van der Waals surface area contributed by atoms with Gasteiger partial charge in [0.2, 0.25) is 5.95 Å². The van der Waals surface area contributed by atoms with E-state index in [0.717, 1.165) is 11.4 Å². The first-order chi connectivity index (χ1) is 8.95. The van der Waals surface area contributed by atoms with Gasteiger partial charge < -0.3 is 9.52 Å². The van der Waals surface area contributed by atoms with Gasteiger partial charge in [0.05, 0.1) is 0 Å². The fourth-order valence-corrected chi connectivity index (χ4v) is 1.61. The minimum absolute atomic E-state index is 0.0200. The van der Waals surface area contributed by atoms with E-state index in [9.17, 15) is 9.90 Å². The van der Waals surface area contributed by atoms with E-state index in [2.05, 4.69) is 15.0 Å². The maximum Gasteiger partial charge on any atom is 0.348 e. The molecule has 0 unspecified atom stereocenters. The number of hydrogen-bond donors (Lipinski definition) is 1. The topological polar surface area (TPSA) is 88.6 Å². The Morgan fingerprint density at radius 1 is 1.21 bits per heavy atom. The van der Waals surface area contributed by atoms with Gasteiger partial charge in [0, 0.05) is 23.7 Å². The van der Waals surface area contributed by atoms with Crippen molar-refractivity contribution in [2.24, 2.45) is 4.99 Å². The van der Waals surface area contributed by atoms with E-state index >= 15 is 0 Å². The van der Waals surface area contributed by atoms with Crippen LogP contribution in [0.25, 0.3) is 0 Å². The average molecular weight is 259 g/mol. The fraction of sp³-hybridized carbons (Fsp3) is 0.231. The molecule has 6 heteroatoms. The van der Waals surface area contributed by atoms with Gasteiger partial charge in [-0.3, -0.25) is 0 Å². The molecule has 2 rings (SSSR count). The highest BCUT2D eigenvalue weighted by molar-refractivity contribution is 5.83. The third-order valence-corrected chi connectivity index (χ3v) is 2.37. The standard InChI is InChI=1S/C13H13N3O3/c1-7-4-8(2)16-13(15-7)14-6-10-11(17)5-9(3)19-12(10)18/h4-6,17H,1-3H3/b14-6+. The Balaban J connectivity index is 2.41. The molecule has 0 saturated heterocycles. The number of nitrogens with zero attached hydrogens (tertiary/aromatic N) is 3. The Bertz CT molecular complexity index is 685. The monoisotopic (exact) mass is 259 g/mol. The predicted molar refractivity (Wildman–Crippen MR) is 70.1 cm³/mol. The molecule has 98 valence electrons. The van der Waals surface area contributed by atoms with Crippen molar-refractivity contribution in [1.82, 2.24) is 9.97 Å². The lowest BCUT2D eigenvalue weighted by atomic mass is 10.2. The second kappa shape index (κ2) is 5.01. The minimum atomic E-state index is -0.648. The maximum atomic E-state index is 11.6. The molecule has 0 spiro atoms. The van der Waals surface area contributed by atoms with Crippen LogP contribution >= 0.6 is 0 Å². The molecule has 1 N–H and O–H groups in total. The molecule has 0 aliphatic carbocycles. The zero-order valence-electron chi connectivity index (χ0n) is 10.8. The van der Waals surface area contributed by atoms with Crippen LogP contribution in [0, 0.1) is 20.8 Å². The number of aryl methyl sites for hydroxylation is 3. The van der Waals surface area contributed by atoms with Crippen LogP contribution in [0.15, 0.2) is 26.3 Å². The molecule has 0 fully saturated rings. The van der Waals surface area contributed by atoms with Crippen LogP contribution in [0.2, 0.25) is 0 Å². The molecule has 0 radical (unpaired) electrons. The first kappa shape index (κ1) is 12.9. The van der Waals surface area contributed by atoms with Crippen molar-refractivity contribution >= 4 is 12.2 Å². The Morgan fingerprint density at radius 2 is 1.84 bits per heavy atom. The zero-order chi connectivity index (χ0) is 14.0. The average Bonchev–Trinajstić information content (AvgIpc) is 2.25. The van der Waals surface area contributed by atoms with Crippen molar-refractivity contribution in [2.45, 2.75) is 20.8 Å². The summed E-state index contributed by atoms with van der Waals surface area (Å²) in [6.45, 7) is 5.23. The van der Waals surface area contributed by atoms with Crippen LogP contribution in [0.4, 0.5) is 5.95 Å². The van der Waals surface area contributed by atoms with Crippen LogP contribution in [-0.2, 0) is 0 Å². The molecule has 2 heterocycles. The third-order valence-electron chi connectivity index (χ3n) is 2.37. The molecular formula is C13H13N3O3. The van der Waals surface area contributed by atoms with Gasteiger partial charge >= 0.3 is 5.63 Å². The van der Waals surface area contributed by atoms with E-state index in [-0.39, 0.29) is 17.3 Å². The molecule has 0 saturated carbocycles. The summed E-state index contributed by atoms with van der Waals surface area (Å²) in [7, 11) is 0. The van der Waals surface area contributed by atoms with Gasteiger partial charge in [-0.05, 0) is 26.8 Å². The van der Waals surface area contributed by atoms with Crippen LogP contribution in [0.3, 0.4) is 0 Å². The fourth-order valence-electron chi connectivity index (χ4n) is 1.61. The molecule has 2 aromatic rings. The third kappa shape index (κ3) is 3.04. The van der Waals surface area contributed by atoms with Crippen molar-refractivity contribution in [2.75, 3.05) is 0 Å². The number of aromatic nitrogens is 2. The molecule has 0 aliphatic heterocycles. The smallest absolute Gasteiger partial charge is 0.348 e. The van der Waals surface area contributed by atoms with Crippen LogP contribution in [0.1, 0.15) is 22.7 Å².